The Bertz CT molecular complexity index is 1110. The van der Waals surface area contributed by atoms with Crippen LogP contribution >= 0.6 is 23.4 Å². The molecule has 0 aliphatic rings. The molecule has 2 aromatic heterocycles. The SMILES string of the molecule is CCn1c(SCC(=O)Nc2ccccc2Cl)nnc1-c1cc2ccccc2o1. The molecule has 1 N–H and O–H groups in total. The van der Waals surface area contributed by atoms with Crippen molar-refractivity contribution in [2.75, 3.05) is 11.1 Å². The monoisotopic (exact) mass is 412 g/mol. The maximum atomic E-state index is 12.3. The normalized spacial score (nSPS) is 11.1. The Balaban J connectivity index is 1.50. The zero-order chi connectivity index (χ0) is 19.5. The third-order valence-corrected chi connectivity index (χ3v) is 5.46. The van der Waals surface area contributed by atoms with Gasteiger partial charge < -0.3 is 9.73 Å². The molecule has 0 atom stereocenters. The van der Waals surface area contributed by atoms with Crippen LogP contribution in [-0.4, -0.2) is 26.4 Å². The molecule has 6 nitrogen and oxygen atoms in total. The van der Waals surface area contributed by atoms with Crippen LogP contribution in [0.15, 0.2) is 64.2 Å². The number of furan rings is 1. The Morgan fingerprint density at radius 3 is 2.75 bits per heavy atom. The van der Waals surface area contributed by atoms with Gasteiger partial charge in [-0.25, -0.2) is 0 Å². The summed E-state index contributed by atoms with van der Waals surface area (Å²) in [6, 6.07) is 16.9. The second-order valence-electron chi connectivity index (χ2n) is 6.02. The number of hydrogen-bond acceptors (Lipinski definition) is 5. The van der Waals surface area contributed by atoms with E-state index >= 15 is 0 Å². The van der Waals surface area contributed by atoms with Gasteiger partial charge in [0.05, 0.1) is 16.5 Å². The first kappa shape index (κ1) is 18.6. The quantitative estimate of drug-likeness (QED) is 0.446. The molecule has 0 aliphatic carbocycles. The Labute approximate surface area is 170 Å². The highest BCUT2D eigenvalue weighted by Gasteiger charge is 2.18. The molecule has 1 amide bonds. The molecule has 4 rings (SSSR count). The maximum Gasteiger partial charge on any atom is 0.234 e. The molecule has 8 heteroatoms. The van der Waals surface area contributed by atoms with E-state index in [2.05, 4.69) is 15.5 Å². The zero-order valence-electron chi connectivity index (χ0n) is 15.1. The number of fused-ring (bicyclic) bond motifs is 1. The van der Waals surface area contributed by atoms with Crippen molar-refractivity contribution in [2.45, 2.75) is 18.6 Å². The Hall–Kier alpha value is -2.77. The summed E-state index contributed by atoms with van der Waals surface area (Å²) in [6.07, 6.45) is 0. The molecule has 0 spiro atoms. The molecule has 0 aliphatic heterocycles. The van der Waals surface area contributed by atoms with Crippen LogP contribution in [0.3, 0.4) is 0 Å². The number of amides is 1. The van der Waals surface area contributed by atoms with E-state index in [0.717, 1.165) is 11.0 Å². The van der Waals surface area contributed by atoms with Crippen LogP contribution in [0, 0.1) is 0 Å². The van der Waals surface area contributed by atoms with Gasteiger partial charge in [0.25, 0.3) is 0 Å². The summed E-state index contributed by atoms with van der Waals surface area (Å²) in [7, 11) is 0. The van der Waals surface area contributed by atoms with Crippen molar-refractivity contribution in [1.82, 2.24) is 14.8 Å². The van der Waals surface area contributed by atoms with E-state index in [0.29, 0.717) is 34.0 Å². The number of aromatic nitrogens is 3. The summed E-state index contributed by atoms with van der Waals surface area (Å²) < 4.78 is 7.84. The number of halogens is 1. The number of carbonyl (C=O) groups is 1. The molecule has 0 fully saturated rings. The molecule has 2 aromatic carbocycles. The molecule has 0 saturated heterocycles. The van der Waals surface area contributed by atoms with Crippen LogP contribution < -0.4 is 5.32 Å². The molecule has 0 saturated carbocycles. The van der Waals surface area contributed by atoms with Gasteiger partial charge in [-0.2, -0.15) is 0 Å². The van der Waals surface area contributed by atoms with E-state index in [1.807, 2.05) is 54.0 Å². The Kier molecular flexibility index (Phi) is 5.36. The van der Waals surface area contributed by atoms with E-state index in [1.54, 1.807) is 12.1 Å². The fourth-order valence-corrected chi connectivity index (χ4v) is 3.82. The van der Waals surface area contributed by atoms with Gasteiger partial charge >= 0.3 is 0 Å². The second-order valence-corrected chi connectivity index (χ2v) is 7.37. The largest absolute Gasteiger partial charge is 0.453 e. The number of nitrogens with zero attached hydrogens (tertiary/aromatic N) is 3. The lowest BCUT2D eigenvalue weighted by Gasteiger charge is -2.07. The molecule has 0 radical (unpaired) electrons. The highest BCUT2D eigenvalue weighted by atomic mass is 35.5. The van der Waals surface area contributed by atoms with Crippen molar-refractivity contribution < 1.29 is 9.21 Å². The van der Waals surface area contributed by atoms with Crippen molar-refractivity contribution in [3.8, 4) is 11.6 Å². The molecule has 2 heterocycles. The highest BCUT2D eigenvalue weighted by molar-refractivity contribution is 7.99. The van der Waals surface area contributed by atoms with E-state index < -0.39 is 0 Å². The fourth-order valence-electron chi connectivity index (χ4n) is 2.83. The summed E-state index contributed by atoms with van der Waals surface area (Å²) >= 11 is 7.40. The predicted molar refractivity (Wildman–Crippen MR) is 112 cm³/mol. The number of hydrogen-bond donors (Lipinski definition) is 1. The van der Waals surface area contributed by atoms with E-state index in [-0.39, 0.29) is 11.7 Å². The highest BCUT2D eigenvalue weighted by Crippen LogP contribution is 2.29. The van der Waals surface area contributed by atoms with Crippen LogP contribution in [0.4, 0.5) is 5.69 Å². The molecular formula is C20H17ClN4O2S. The number of nitrogens with one attached hydrogen (secondary N) is 1. The summed E-state index contributed by atoms with van der Waals surface area (Å²) in [6.45, 7) is 2.66. The first-order valence-electron chi connectivity index (χ1n) is 8.75. The molecule has 0 unspecified atom stereocenters. The van der Waals surface area contributed by atoms with Gasteiger partial charge in [0, 0.05) is 11.9 Å². The topological polar surface area (TPSA) is 73.0 Å². The molecule has 142 valence electrons. The third kappa shape index (κ3) is 3.76. The molecule has 28 heavy (non-hydrogen) atoms. The molecule has 0 bridgehead atoms. The maximum absolute atomic E-state index is 12.3. The second kappa shape index (κ2) is 8.08. The van der Waals surface area contributed by atoms with Gasteiger partial charge in [-0.3, -0.25) is 9.36 Å². The summed E-state index contributed by atoms with van der Waals surface area (Å²) in [4.78, 5) is 12.3. The Morgan fingerprint density at radius 2 is 1.96 bits per heavy atom. The minimum absolute atomic E-state index is 0.158. The van der Waals surface area contributed by atoms with Gasteiger partial charge in [-0.05, 0) is 31.2 Å². The zero-order valence-corrected chi connectivity index (χ0v) is 16.6. The summed E-state index contributed by atoms with van der Waals surface area (Å²) in [5.41, 5.74) is 1.39. The van der Waals surface area contributed by atoms with Crippen molar-refractivity contribution in [2.24, 2.45) is 0 Å². The number of para-hydroxylation sites is 2. The third-order valence-electron chi connectivity index (χ3n) is 4.16. The van der Waals surface area contributed by atoms with Crippen molar-refractivity contribution in [1.29, 1.82) is 0 Å². The Morgan fingerprint density at radius 1 is 1.18 bits per heavy atom. The van der Waals surface area contributed by atoms with Gasteiger partial charge in [0.15, 0.2) is 10.9 Å². The van der Waals surface area contributed by atoms with E-state index in [1.165, 1.54) is 11.8 Å². The standard InChI is InChI=1S/C20H17ClN4O2S/c1-2-25-19(17-11-13-7-3-6-10-16(13)27-17)23-24-20(25)28-12-18(26)22-15-9-5-4-8-14(15)21/h3-11H,2,12H2,1H3,(H,22,26). The summed E-state index contributed by atoms with van der Waals surface area (Å²) in [5.74, 6) is 1.34. The molecular weight excluding hydrogens is 396 g/mol. The lowest BCUT2D eigenvalue weighted by Crippen LogP contribution is -2.14. The first-order valence-corrected chi connectivity index (χ1v) is 10.1. The van der Waals surface area contributed by atoms with Gasteiger partial charge in [-0.15, -0.1) is 10.2 Å². The van der Waals surface area contributed by atoms with Crippen LogP contribution in [0.1, 0.15) is 6.92 Å². The van der Waals surface area contributed by atoms with Crippen molar-refractivity contribution in [3.05, 3.63) is 59.6 Å². The lowest BCUT2D eigenvalue weighted by atomic mass is 10.2. The van der Waals surface area contributed by atoms with E-state index in [9.17, 15) is 4.79 Å². The average Bonchev–Trinajstić information content (AvgIpc) is 3.31. The lowest BCUT2D eigenvalue weighted by molar-refractivity contribution is -0.113. The number of carbonyl (C=O) groups excluding carboxylic acids is 1. The van der Waals surface area contributed by atoms with Gasteiger partial charge in [0.1, 0.15) is 5.58 Å². The number of benzene rings is 2. The van der Waals surface area contributed by atoms with Crippen LogP contribution in [-0.2, 0) is 11.3 Å². The van der Waals surface area contributed by atoms with Gasteiger partial charge in [-0.1, -0.05) is 53.7 Å². The molecule has 4 aromatic rings. The van der Waals surface area contributed by atoms with Crippen LogP contribution in [0.2, 0.25) is 5.02 Å². The fraction of sp³-hybridized carbons (Fsp3) is 0.150. The summed E-state index contributed by atoms with van der Waals surface area (Å²) in [5, 5.41) is 13.5. The van der Waals surface area contributed by atoms with E-state index in [4.69, 9.17) is 16.0 Å². The minimum Gasteiger partial charge on any atom is -0.453 e. The smallest absolute Gasteiger partial charge is 0.234 e. The number of thioether (sulfide) groups is 1. The first-order chi connectivity index (χ1) is 13.7. The van der Waals surface area contributed by atoms with Crippen LogP contribution in [0.25, 0.3) is 22.6 Å². The van der Waals surface area contributed by atoms with Crippen molar-refractivity contribution in [3.63, 3.8) is 0 Å². The van der Waals surface area contributed by atoms with Crippen LogP contribution in [0.5, 0.6) is 0 Å². The van der Waals surface area contributed by atoms with Crippen molar-refractivity contribution >= 4 is 45.9 Å². The number of anilines is 1. The predicted octanol–water partition coefficient (Wildman–Crippen LogP) is 5.10. The average molecular weight is 413 g/mol. The number of rotatable bonds is 6. The van der Waals surface area contributed by atoms with Gasteiger partial charge in [0.2, 0.25) is 11.7 Å². The minimum atomic E-state index is -0.158.